The molecule has 0 atom stereocenters. The van der Waals surface area contributed by atoms with Gasteiger partial charge in [-0.3, -0.25) is 4.98 Å². The fourth-order valence-corrected chi connectivity index (χ4v) is 1.92. The highest BCUT2D eigenvalue weighted by molar-refractivity contribution is 5.50. The fourth-order valence-electron chi connectivity index (χ4n) is 1.92. The van der Waals surface area contributed by atoms with Gasteiger partial charge in [-0.25, -0.2) is 0 Å². The molecule has 0 bridgehead atoms. The molecule has 2 heterocycles. The molecule has 5 nitrogen and oxygen atoms in total. The summed E-state index contributed by atoms with van der Waals surface area (Å²) in [5, 5.41) is 3.27. The van der Waals surface area contributed by atoms with Gasteiger partial charge < -0.3 is 19.5 Å². The monoisotopic (exact) mass is 272 g/mol. The lowest BCUT2D eigenvalue weighted by atomic mass is 10.3. The Kier molecular flexibility index (Phi) is 3.58. The van der Waals surface area contributed by atoms with E-state index in [1.165, 1.54) is 0 Å². The minimum Gasteiger partial charge on any atom is -0.456 e. The van der Waals surface area contributed by atoms with E-state index in [2.05, 4.69) is 17.2 Å². The Bertz CT molecular complexity index is 601. The van der Waals surface area contributed by atoms with Gasteiger partial charge in [0.05, 0.1) is 18.1 Å². The molecule has 0 radical (unpaired) electrons. The van der Waals surface area contributed by atoms with Crippen LogP contribution in [0.1, 0.15) is 13.3 Å². The second-order valence-corrected chi connectivity index (χ2v) is 4.45. The van der Waals surface area contributed by atoms with Crippen molar-refractivity contribution in [2.75, 3.05) is 18.7 Å². The van der Waals surface area contributed by atoms with Crippen LogP contribution in [0, 0.1) is 0 Å². The first kappa shape index (κ1) is 12.6. The number of ether oxygens (including phenoxy) is 3. The highest BCUT2D eigenvalue weighted by Crippen LogP contribution is 2.36. The maximum Gasteiger partial charge on any atom is 0.231 e. The normalized spacial score (nSPS) is 12.2. The zero-order valence-electron chi connectivity index (χ0n) is 11.3. The van der Waals surface area contributed by atoms with E-state index in [0.717, 1.165) is 24.4 Å². The fraction of sp³-hybridized carbons (Fsp3) is 0.267. The van der Waals surface area contributed by atoms with Crippen LogP contribution in [0.15, 0.2) is 36.7 Å². The average molecular weight is 272 g/mol. The van der Waals surface area contributed by atoms with Crippen molar-refractivity contribution in [1.82, 2.24) is 4.98 Å². The lowest BCUT2D eigenvalue weighted by molar-refractivity contribution is 0.174. The van der Waals surface area contributed by atoms with Crippen LogP contribution in [-0.4, -0.2) is 18.3 Å². The summed E-state index contributed by atoms with van der Waals surface area (Å²) in [6.45, 7) is 3.29. The van der Waals surface area contributed by atoms with Crippen molar-refractivity contribution >= 4 is 5.69 Å². The third kappa shape index (κ3) is 2.77. The molecule has 0 aliphatic carbocycles. The standard InChI is InChI=1S/C15H16N2O3/c1-2-5-17-11-6-13(9-16-8-11)20-12-3-4-14-15(7-12)19-10-18-14/h3-4,6-9,17H,2,5,10H2,1H3. The van der Waals surface area contributed by atoms with E-state index in [-0.39, 0.29) is 6.79 Å². The summed E-state index contributed by atoms with van der Waals surface area (Å²) < 4.78 is 16.4. The van der Waals surface area contributed by atoms with Crippen LogP contribution in [0.5, 0.6) is 23.0 Å². The van der Waals surface area contributed by atoms with Crippen LogP contribution < -0.4 is 19.5 Å². The smallest absolute Gasteiger partial charge is 0.231 e. The molecule has 0 spiro atoms. The number of aromatic nitrogens is 1. The Hall–Kier alpha value is -2.43. The van der Waals surface area contributed by atoms with Crippen molar-refractivity contribution in [1.29, 1.82) is 0 Å². The second kappa shape index (κ2) is 5.69. The summed E-state index contributed by atoms with van der Waals surface area (Å²) in [6.07, 6.45) is 4.52. The van der Waals surface area contributed by atoms with Crippen molar-refractivity contribution in [3.8, 4) is 23.0 Å². The first-order valence-electron chi connectivity index (χ1n) is 6.61. The van der Waals surface area contributed by atoms with E-state index >= 15 is 0 Å². The maximum atomic E-state index is 5.79. The zero-order valence-corrected chi connectivity index (χ0v) is 11.3. The highest BCUT2D eigenvalue weighted by atomic mass is 16.7. The molecule has 0 saturated heterocycles. The number of nitrogens with one attached hydrogen (secondary N) is 1. The molecule has 20 heavy (non-hydrogen) atoms. The summed E-state index contributed by atoms with van der Waals surface area (Å²) in [6, 6.07) is 7.42. The number of rotatable bonds is 5. The SMILES string of the molecule is CCCNc1cncc(Oc2ccc3c(c2)OCO3)c1. The molecule has 1 aliphatic heterocycles. The van der Waals surface area contributed by atoms with Crippen LogP contribution in [-0.2, 0) is 0 Å². The van der Waals surface area contributed by atoms with Gasteiger partial charge in [-0.15, -0.1) is 0 Å². The van der Waals surface area contributed by atoms with Gasteiger partial charge in [0.15, 0.2) is 11.5 Å². The largest absolute Gasteiger partial charge is 0.456 e. The van der Waals surface area contributed by atoms with E-state index in [4.69, 9.17) is 14.2 Å². The van der Waals surface area contributed by atoms with Gasteiger partial charge in [-0.2, -0.15) is 0 Å². The van der Waals surface area contributed by atoms with Crippen molar-refractivity contribution in [3.63, 3.8) is 0 Å². The van der Waals surface area contributed by atoms with Crippen molar-refractivity contribution in [2.45, 2.75) is 13.3 Å². The molecule has 5 heteroatoms. The van der Waals surface area contributed by atoms with Crippen LogP contribution in [0.25, 0.3) is 0 Å². The van der Waals surface area contributed by atoms with E-state index in [1.54, 1.807) is 12.4 Å². The topological polar surface area (TPSA) is 52.6 Å². The predicted octanol–water partition coefficient (Wildman–Crippen LogP) is 3.42. The maximum absolute atomic E-state index is 5.79. The number of hydrogen-bond acceptors (Lipinski definition) is 5. The van der Waals surface area contributed by atoms with Crippen LogP contribution >= 0.6 is 0 Å². The van der Waals surface area contributed by atoms with Gasteiger partial charge in [0.25, 0.3) is 0 Å². The first-order chi connectivity index (χ1) is 9.85. The van der Waals surface area contributed by atoms with Gasteiger partial charge in [-0.1, -0.05) is 6.92 Å². The summed E-state index contributed by atoms with van der Waals surface area (Å²) >= 11 is 0. The van der Waals surface area contributed by atoms with Crippen LogP contribution in [0.4, 0.5) is 5.69 Å². The molecule has 0 saturated carbocycles. The van der Waals surface area contributed by atoms with E-state index in [0.29, 0.717) is 17.2 Å². The molecule has 2 aromatic rings. The molecule has 0 amide bonds. The molecule has 3 rings (SSSR count). The molecular formula is C15H16N2O3. The lowest BCUT2D eigenvalue weighted by Gasteiger charge is -2.08. The van der Waals surface area contributed by atoms with E-state index in [1.807, 2.05) is 24.3 Å². The van der Waals surface area contributed by atoms with Gasteiger partial charge in [0.2, 0.25) is 6.79 Å². The molecule has 1 aromatic heterocycles. The van der Waals surface area contributed by atoms with Gasteiger partial charge in [0.1, 0.15) is 11.5 Å². The summed E-state index contributed by atoms with van der Waals surface area (Å²) in [4.78, 5) is 4.16. The Morgan fingerprint density at radius 2 is 2.05 bits per heavy atom. The number of pyridine rings is 1. The third-order valence-electron chi connectivity index (χ3n) is 2.87. The quantitative estimate of drug-likeness (QED) is 0.903. The number of hydrogen-bond donors (Lipinski definition) is 1. The van der Waals surface area contributed by atoms with Crippen molar-refractivity contribution in [2.24, 2.45) is 0 Å². The molecule has 1 aromatic carbocycles. The Labute approximate surface area is 117 Å². The summed E-state index contributed by atoms with van der Waals surface area (Å²) in [7, 11) is 0. The summed E-state index contributed by atoms with van der Waals surface area (Å²) in [5.74, 6) is 2.83. The van der Waals surface area contributed by atoms with Gasteiger partial charge in [-0.05, 0) is 18.6 Å². The predicted molar refractivity (Wildman–Crippen MR) is 75.7 cm³/mol. The number of fused-ring (bicyclic) bond motifs is 1. The lowest BCUT2D eigenvalue weighted by Crippen LogP contribution is -2.00. The third-order valence-corrected chi connectivity index (χ3v) is 2.87. The molecule has 0 fully saturated rings. The average Bonchev–Trinajstić information content (AvgIpc) is 2.93. The van der Waals surface area contributed by atoms with Crippen LogP contribution in [0.3, 0.4) is 0 Å². The molecule has 1 N–H and O–H groups in total. The zero-order chi connectivity index (χ0) is 13.8. The van der Waals surface area contributed by atoms with Gasteiger partial charge in [0, 0.05) is 18.7 Å². The second-order valence-electron chi connectivity index (χ2n) is 4.45. The van der Waals surface area contributed by atoms with Crippen molar-refractivity contribution in [3.05, 3.63) is 36.7 Å². The van der Waals surface area contributed by atoms with E-state index < -0.39 is 0 Å². The van der Waals surface area contributed by atoms with E-state index in [9.17, 15) is 0 Å². The number of nitrogens with zero attached hydrogens (tertiary/aromatic N) is 1. The van der Waals surface area contributed by atoms with Crippen molar-refractivity contribution < 1.29 is 14.2 Å². The van der Waals surface area contributed by atoms with Crippen LogP contribution in [0.2, 0.25) is 0 Å². The Balaban J connectivity index is 1.74. The molecule has 1 aliphatic rings. The Morgan fingerprint density at radius 3 is 2.95 bits per heavy atom. The molecule has 104 valence electrons. The number of anilines is 1. The minimum absolute atomic E-state index is 0.261. The Morgan fingerprint density at radius 1 is 1.15 bits per heavy atom. The number of benzene rings is 1. The summed E-state index contributed by atoms with van der Waals surface area (Å²) in [5.41, 5.74) is 0.949. The first-order valence-corrected chi connectivity index (χ1v) is 6.61. The molecule has 0 unspecified atom stereocenters. The molecular weight excluding hydrogens is 256 g/mol. The van der Waals surface area contributed by atoms with Gasteiger partial charge >= 0.3 is 0 Å². The minimum atomic E-state index is 0.261. The highest BCUT2D eigenvalue weighted by Gasteiger charge is 2.14.